The highest BCUT2D eigenvalue weighted by Gasteiger charge is 2.31. The molecule has 1 unspecified atom stereocenters. The molecule has 4 nitrogen and oxygen atoms in total. The first-order valence-corrected chi connectivity index (χ1v) is 7.06. The van der Waals surface area contributed by atoms with E-state index in [1.165, 1.54) is 32.1 Å². The molecular weight excluding hydrogens is 228 g/mol. The third kappa shape index (κ3) is 1.93. The monoisotopic (exact) mass is 248 g/mol. The molecule has 0 spiro atoms. The standard InChI is InChI=1S/C14H20N2O2/c17-14(18)12-8-4-7-11-9-15-13(16(11)12)10-5-2-1-3-6-10/h9-10,12H,1-8H2,(H,17,18). The Balaban J connectivity index is 1.96. The van der Waals surface area contributed by atoms with Gasteiger partial charge in [-0.1, -0.05) is 19.3 Å². The number of carboxylic acid groups (broad SMARTS) is 1. The molecule has 0 saturated heterocycles. The molecule has 1 saturated carbocycles. The lowest BCUT2D eigenvalue weighted by Gasteiger charge is -2.28. The van der Waals surface area contributed by atoms with Crippen molar-refractivity contribution in [2.24, 2.45) is 0 Å². The largest absolute Gasteiger partial charge is 0.480 e. The van der Waals surface area contributed by atoms with Crippen molar-refractivity contribution in [1.82, 2.24) is 9.55 Å². The molecule has 2 aliphatic rings. The van der Waals surface area contributed by atoms with Gasteiger partial charge < -0.3 is 9.67 Å². The molecule has 0 radical (unpaired) electrons. The summed E-state index contributed by atoms with van der Waals surface area (Å²) in [5.41, 5.74) is 1.12. The van der Waals surface area contributed by atoms with E-state index in [1.54, 1.807) is 0 Å². The van der Waals surface area contributed by atoms with Crippen LogP contribution in [0.4, 0.5) is 0 Å². The van der Waals surface area contributed by atoms with Crippen LogP contribution in [0.3, 0.4) is 0 Å². The predicted octanol–water partition coefficient (Wildman–Crippen LogP) is 2.89. The van der Waals surface area contributed by atoms with E-state index in [1.807, 2.05) is 10.8 Å². The van der Waals surface area contributed by atoms with Crippen LogP contribution >= 0.6 is 0 Å². The summed E-state index contributed by atoms with van der Waals surface area (Å²) in [4.78, 5) is 16.0. The van der Waals surface area contributed by atoms with Crippen molar-refractivity contribution in [2.75, 3.05) is 0 Å². The van der Waals surface area contributed by atoms with Gasteiger partial charge in [-0.2, -0.15) is 0 Å². The minimum Gasteiger partial charge on any atom is -0.480 e. The zero-order chi connectivity index (χ0) is 12.5. The van der Waals surface area contributed by atoms with E-state index in [4.69, 9.17) is 0 Å². The van der Waals surface area contributed by atoms with Gasteiger partial charge in [0.1, 0.15) is 11.9 Å². The number of fused-ring (bicyclic) bond motifs is 1. The second kappa shape index (κ2) is 4.75. The van der Waals surface area contributed by atoms with E-state index >= 15 is 0 Å². The van der Waals surface area contributed by atoms with Gasteiger partial charge in [-0.3, -0.25) is 0 Å². The Hall–Kier alpha value is -1.32. The van der Waals surface area contributed by atoms with E-state index < -0.39 is 5.97 Å². The fourth-order valence-electron chi connectivity index (χ4n) is 3.46. The normalized spacial score (nSPS) is 24.8. The number of hydrogen-bond acceptors (Lipinski definition) is 2. The fraction of sp³-hybridized carbons (Fsp3) is 0.714. The molecule has 1 aliphatic heterocycles. The molecule has 0 aromatic carbocycles. The van der Waals surface area contributed by atoms with Crippen LogP contribution in [0.25, 0.3) is 0 Å². The molecule has 18 heavy (non-hydrogen) atoms. The molecule has 1 N–H and O–H groups in total. The Bertz CT molecular complexity index is 447. The minimum atomic E-state index is -0.703. The van der Waals surface area contributed by atoms with Crippen LogP contribution in [0.1, 0.15) is 68.4 Å². The SMILES string of the molecule is O=C(O)C1CCCc2cnc(C3CCCCC3)n21. The highest BCUT2D eigenvalue weighted by Crippen LogP contribution is 2.36. The van der Waals surface area contributed by atoms with Crippen molar-refractivity contribution in [3.05, 3.63) is 17.7 Å². The van der Waals surface area contributed by atoms with Gasteiger partial charge >= 0.3 is 5.97 Å². The first kappa shape index (κ1) is 11.8. The molecule has 3 rings (SSSR count). The molecule has 1 atom stereocenters. The second-order valence-electron chi connectivity index (χ2n) is 5.56. The van der Waals surface area contributed by atoms with Crippen LogP contribution in [0, 0.1) is 0 Å². The summed E-state index contributed by atoms with van der Waals surface area (Å²) >= 11 is 0. The van der Waals surface area contributed by atoms with Gasteiger partial charge in [0.05, 0.1) is 0 Å². The molecule has 4 heteroatoms. The third-order valence-corrected chi connectivity index (χ3v) is 4.38. The Kier molecular flexibility index (Phi) is 3.10. The second-order valence-corrected chi connectivity index (χ2v) is 5.56. The van der Waals surface area contributed by atoms with Crippen LogP contribution < -0.4 is 0 Å². The first-order valence-electron chi connectivity index (χ1n) is 7.06. The highest BCUT2D eigenvalue weighted by atomic mass is 16.4. The summed E-state index contributed by atoms with van der Waals surface area (Å²) in [5, 5.41) is 9.38. The summed E-state index contributed by atoms with van der Waals surface area (Å²) < 4.78 is 2.03. The van der Waals surface area contributed by atoms with Crippen LogP contribution in [0.5, 0.6) is 0 Å². The van der Waals surface area contributed by atoms with Gasteiger partial charge in [0.15, 0.2) is 0 Å². The van der Waals surface area contributed by atoms with Crippen molar-refractivity contribution < 1.29 is 9.90 Å². The smallest absolute Gasteiger partial charge is 0.326 e. The lowest BCUT2D eigenvalue weighted by atomic mass is 9.88. The number of carbonyl (C=O) groups is 1. The zero-order valence-electron chi connectivity index (χ0n) is 10.6. The maximum Gasteiger partial charge on any atom is 0.326 e. The minimum absolute atomic E-state index is 0.381. The Morgan fingerprint density at radius 1 is 1.22 bits per heavy atom. The summed E-state index contributed by atoms with van der Waals surface area (Å²) in [6.07, 6.45) is 10.8. The molecule has 98 valence electrons. The lowest BCUT2D eigenvalue weighted by molar-refractivity contribution is -0.141. The molecule has 1 aromatic rings. The molecule has 1 fully saturated rings. The van der Waals surface area contributed by atoms with E-state index in [0.717, 1.165) is 30.8 Å². The molecular formula is C14H20N2O2. The number of aryl methyl sites for hydroxylation is 1. The topological polar surface area (TPSA) is 55.1 Å². The Morgan fingerprint density at radius 2 is 2.00 bits per heavy atom. The number of hydrogen-bond donors (Lipinski definition) is 1. The van der Waals surface area contributed by atoms with Crippen LogP contribution in [0.15, 0.2) is 6.20 Å². The van der Waals surface area contributed by atoms with E-state index in [0.29, 0.717) is 5.92 Å². The molecule has 2 heterocycles. The van der Waals surface area contributed by atoms with Crippen molar-refractivity contribution >= 4 is 5.97 Å². The summed E-state index contributed by atoms with van der Waals surface area (Å²) in [6.45, 7) is 0. The van der Waals surface area contributed by atoms with Crippen molar-refractivity contribution in [3.63, 3.8) is 0 Å². The average Bonchev–Trinajstić information content (AvgIpc) is 2.83. The predicted molar refractivity (Wildman–Crippen MR) is 67.7 cm³/mol. The fourth-order valence-corrected chi connectivity index (χ4v) is 3.46. The molecule has 0 amide bonds. The van der Waals surface area contributed by atoms with Crippen molar-refractivity contribution in [1.29, 1.82) is 0 Å². The maximum absolute atomic E-state index is 11.4. The Labute approximate surface area is 107 Å². The number of imidazole rings is 1. The van der Waals surface area contributed by atoms with Gasteiger partial charge in [-0.05, 0) is 32.1 Å². The van der Waals surface area contributed by atoms with Gasteiger partial charge in [0.2, 0.25) is 0 Å². The Morgan fingerprint density at radius 3 is 2.72 bits per heavy atom. The quantitative estimate of drug-likeness (QED) is 0.875. The first-order chi connectivity index (χ1) is 8.77. The van der Waals surface area contributed by atoms with Gasteiger partial charge in [-0.15, -0.1) is 0 Å². The maximum atomic E-state index is 11.4. The van der Waals surface area contributed by atoms with Crippen molar-refractivity contribution in [3.8, 4) is 0 Å². The molecule has 1 aliphatic carbocycles. The zero-order valence-corrected chi connectivity index (χ0v) is 10.6. The third-order valence-electron chi connectivity index (χ3n) is 4.38. The summed E-state index contributed by atoms with van der Waals surface area (Å²) in [7, 11) is 0. The van der Waals surface area contributed by atoms with Gasteiger partial charge in [0.25, 0.3) is 0 Å². The van der Waals surface area contributed by atoms with E-state index in [9.17, 15) is 9.90 Å². The summed E-state index contributed by atoms with van der Waals surface area (Å²) in [5.74, 6) is 0.815. The number of aromatic nitrogens is 2. The lowest BCUT2D eigenvalue weighted by Crippen LogP contribution is -2.27. The van der Waals surface area contributed by atoms with Crippen LogP contribution in [-0.4, -0.2) is 20.6 Å². The van der Waals surface area contributed by atoms with Crippen molar-refractivity contribution in [2.45, 2.75) is 63.3 Å². The number of nitrogens with zero attached hydrogens (tertiary/aromatic N) is 2. The highest BCUT2D eigenvalue weighted by molar-refractivity contribution is 5.72. The average molecular weight is 248 g/mol. The van der Waals surface area contributed by atoms with Crippen LogP contribution in [-0.2, 0) is 11.2 Å². The molecule has 1 aromatic heterocycles. The number of aliphatic carboxylic acids is 1. The van der Waals surface area contributed by atoms with Gasteiger partial charge in [-0.25, -0.2) is 9.78 Å². The summed E-state index contributed by atoms with van der Waals surface area (Å²) in [6, 6.07) is -0.381. The number of rotatable bonds is 2. The number of carboxylic acids is 1. The van der Waals surface area contributed by atoms with Crippen LogP contribution in [0.2, 0.25) is 0 Å². The van der Waals surface area contributed by atoms with E-state index in [2.05, 4.69) is 4.98 Å². The van der Waals surface area contributed by atoms with E-state index in [-0.39, 0.29) is 6.04 Å². The van der Waals surface area contributed by atoms with Gasteiger partial charge in [0, 0.05) is 17.8 Å². The molecule has 0 bridgehead atoms.